The number of fused-ring (bicyclic) bond motifs is 3. The molecule has 6 heteroatoms. The molecular weight excluding hydrogens is 247 g/mol. The molecule has 2 aromatic heterocycles. The molecule has 0 aliphatic carbocycles. The predicted molar refractivity (Wildman–Crippen MR) is 71.5 cm³/mol. The van der Waals surface area contributed by atoms with Crippen molar-refractivity contribution in [3.05, 3.63) is 40.6 Å². The molecule has 0 atom stereocenters. The van der Waals surface area contributed by atoms with Crippen LogP contribution in [-0.4, -0.2) is 21.3 Å². The predicted octanol–water partition coefficient (Wildman–Crippen LogP) is 1.37. The number of rotatable bonds is 3. The van der Waals surface area contributed by atoms with Crippen LogP contribution in [0.15, 0.2) is 29.1 Å². The Bertz CT molecular complexity index is 805. The molecule has 1 aromatic carbocycles. The van der Waals surface area contributed by atoms with Gasteiger partial charge in [0.25, 0.3) is 5.56 Å². The monoisotopic (exact) mass is 260 g/mol. The van der Waals surface area contributed by atoms with Gasteiger partial charge in [-0.05, 0) is 19.0 Å². The van der Waals surface area contributed by atoms with E-state index in [1.54, 1.807) is 4.57 Å². The quantitative estimate of drug-likeness (QED) is 0.746. The molecule has 3 rings (SSSR count). The Morgan fingerprint density at radius 3 is 2.95 bits per heavy atom. The summed E-state index contributed by atoms with van der Waals surface area (Å²) in [6, 6.07) is 7.34. The molecule has 3 N–H and O–H groups in total. The van der Waals surface area contributed by atoms with Crippen molar-refractivity contribution in [2.45, 2.75) is 13.0 Å². The van der Waals surface area contributed by atoms with Crippen LogP contribution in [0.1, 0.15) is 6.42 Å². The van der Waals surface area contributed by atoms with Gasteiger partial charge in [0.1, 0.15) is 10.9 Å². The average Bonchev–Trinajstić information content (AvgIpc) is 2.81. The van der Waals surface area contributed by atoms with Crippen molar-refractivity contribution in [3.8, 4) is 0 Å². The Labute approximate surface area is 107 Å². The SMILES string of the molecule is NCCCn1c(=O)c2c(F)[nH]nc2c2ccccc21. The van der Waals surface area contributed by atoms with Crippen molar-refractivity contribution in [3.63, 3.8) is 0 Å². The van der Waals surface area contributed by atoms with E-state index in [4.69, 9.17) is 5.73 Å². The molecule has 2 heterocycles. The third-order valence-electron chi connectivity index (χ3n) is 3.22. The third-order valence-corrected chi connectivity index (χ3v) is 3.22. The minimum atomic E-state index is -0.688. The number of aromatic nitrogens is 3. The second-order valence-electron chi connectivity index (χ2n) is 4.38. The molecule has 0 unspecified atom stereocenters. The molecule has 98 valence electrons. The van der Waals surface area contributed by atoms with E-state index in [1.807, 2.05) is 24.3 Å². The molecule has 0 saturated heterocycles. The summed E-state index contributed by atoms with van der Waals surface area (Å²) in [6.45, 7) is 0.947. The van der Waals surface area contributed by atoms with Crippen LogP contribution in [0, 0.1) is 5.95 Å². The molecular formula is C13H13FN4O. The van der Waals surface area contributed by atoms with Crippen molar-refractivity contribution in [1.29, 1.82) is 0 Å². The summed E-state index contributed by atoms with van der Waals surface area (Å²) in [5.41, 5.74) is 6.24. The maximum absolute atomic E-state index is 13.7. The van der Waals surface area contributed by atoms with Crippen molar-refractivity contribution in [2.24, 2.45) is 5.73 Å². The molecule has 0 aliphatic heterocycles. The van der Waals surface area contributed by atoms with Crippen molar-refractivity contribution in [1.82, 2.24) is 14.8 Å². The normalized spacial score (nSPS) is 11.5. The van der Waals surface area contributed by atoms with Crippen molar-refractivity contribution in [2.75, 3.05) is 6.54 Å². The molecule has 0 saturated carbocycles. The first-order valence-corrected chi connectivity index (χ1v) is 6.09. The highest BCUT2D eigenvalue weighted by atomic mass is 19.1. The largest absolute Gasteiger partial charge is 0.330 e. The Balaban J connectivity index is 2.46. The number of H-pyrrole nitrogens is 1. The van der Waals surface area contributed by atoms with Crippen LogP contribution in [0.5, 0.6) is 0 Å². The van der Waals surface area contributed by atoms with E-state index in [-0.39, 0.29) is 10.9 Å². The van der Waals surface area contributed by atoms with Gasteiger partial charge in [-0.25, -0.2) is 0 Å². The van der Waals surface area contributed by atoms with E-state index >= 15 is 0 Å². The van der Waals surface area contributed by atoms with Gasteiger partial charge < -0.3 is 10.3 Å². The number of aromatic amines is 1. The summed E-state index contributed by atoms with van der Waals surface area (Å²) in [4.78, 5) is 12.4. The summed E-state index contributed by atoms with van der Waals surface area (Å²) in [7, 11) is 0. The molecule has 5 nitrogen and oxygen atoms in total. The minimum Gasteiger partial charge on any atom is -0.330 e. The van der Waals surface area contributed by atoms with Crippen molar-refractivity contribution >= 4 is 21.8 Å². The van der Waals surface area contributed by atoms with Crippen LogP contribution in [0.25, 0.3) is 21.8 Å². The van der Waals surface area contributed by atoms with E-state index in [0.29, 0.717) is 25.0 Å². The van der Waals surface area contributed by atoms with Gasteiger partial charge in [-0.15, -0.1) is 0 Å². The summed E-state index contributed by atoms with van der Waals surface area (Å²) < 4.78 is 15.2. The number of nitrogens with one attached hydrogen (secondary N) is 1. The van der Waals surface area contributed by atoms with Gasteiger partial charge >= 0.3 is 0 Å². The summed E-state index contributed by atoms with van der Waals surface area (Å²) in [5.74, 6) is -0.688. The number of hydrogen-bond acceptors (Lipinski definition) is 3. The Morgan fingerprint density at radius 1 is 1.37 bits per heavy atom. The van der Waals surface area contributed by atoms with Gasteiger partial charge in [-0.2, -0.15) is 9.49 Å². The Hall–Kier alpha value is -2.21. The fraction of sp³-hybridized carbons (Fsp3) is 0.231. The highest BCUT2D eigenvalue weighted by Crippen LogP contribution is 2.22. The van der Waals surface area contributed by atoms with Crippen LogP contribution >= 0.6 is 0 Å². The topological polar surface area (TPSA) is 76.7 Å². The standard InChI is InChI=1S/C13H13FN4O/c14-12-10-11(16-17-12)8-4-1-2-5-9(8)18(13(10)19)7-3-6-15/h1-2,4-5H,3,6-7,15H2,(H,16,17). The molecule has 0 bridgehead atoms. The van der Waals surface area contributed by atoms with E-state index < -0.39 is 5.95 Å². The molecule has 0 aliphatic rings. The van der Waals surface area contributed by atoms with Gasteiger partial charge in [0.2, 0.25) is 5.95 Å². The summed E-state index contributed by atoms with van der Waals surface area (Å²) in [6.07, 6.45) is 0.662. The lowest BCUT2D eigenvalue weighted by molar-refractivity contribution is 0.584. The Morgan fingerprint density at radius 2 is 2.16 bits per heavy atom. The molecule has 0 fully saturated rings. The lowest BCUT2D eigenvalue weighted by atomic mass is 10.1. The maximum Gasteiger partial charge on any atom is 0.265 e. The fourth-order valence-electron chi connectivity index (χ4n) is 2.34. The average molecular weight is 260 g/mol. The second kappa shape index (κ2) is 4.47. The zero-order valence-electron chi connectivity index (χ0n) is 10.2. The number of para-hydroxylation sites is 1. The number of benzene rings is 1. The van der Waals surface area contributed by atoms with E-state index in [0.717, 1.165) is 10.9 Å². The lowest BCUT2D eigenvalue weighted by Gasteiger charge is -2.10. The first-order chi connectivity index (χ1) is 9.24. The van der Waals surface area contributed by atoms with E-state index in [9.17, 15) is 9.18 Å². The lowest BCUT2D eigenvalue weighted by Crippen LogP contribution is -2.22. The highest BCUT2D eigenvalue weighted by Gasteiger charge is 2.16. The molecule has 19 heavy (non-hydrogen) atoms. The van der Waals surface area contributed by atoms with Gasteiger partial charge in [0.15, 0.2) is 0 Å². The van der Waals surface area contributed by atoms with Gasteiger partial charge in [-0.3, -0.25) is 9.89 Å². The van der Waals surface area contributed by atoms with Gasteiger partial charge in [-0.1, -0.05) is 18.2 Å². The number of pyridine rings is 1. The summed E-state index contributed by atoms with van der Waals surface area (Å²) in [5, 5.41) is 6.90. The van der Waals surface area contributed by atoms with Gasteiger partial charge in [0.05, 0.1) is 5.52 Å². The van der Waals surface area contributed by atoms with Crippen LogP contribution in [0.4, 0.5) is 4.39 Å². The van der Waals surface area contributed by atoms with Crippen LogP contribution in [-0.2, 0) is 6.54 Å². The fourth-order valence-corrected chi connectivity index (χ4v) is 2.34. The maximum atomic E-state index is 13.7. The molecule has 0 radical (unpaired) electrons. The van der Waals surface area contributed by atoms with E-state index in [2.05, 4.69) is 10.2 Å². The zero-order chi connectivity index (χ0) is 13.4. The van der Waals surface area contributed by atoms with Crippen molar-refractivity contribution < 1.29 is 4.39 Å². The number of aryl methyl sites for hydroxylation is 1. The van der Waals surface area contributed by atoms with Crippen LogP contribution < -0.4 is 11.3 Å². The number of halogens is 1. The Kier molecular flexibility index (Phi) is 2.79. The van der Waals surface area contributed by atoms with Crippen LogP contribution in [0.3, 0.4) is 0 Å². The number of hydrogen-bond donors (Lipinski definition) is 2. The van der Waals surface area contributed by atoms with Crippen LogP contribution in [0.2, 0.25) is 0 Å². The second-order valence-corrected chi connectivity index (χ2v) is 4.38. The number of nitrogens with zero attached hydrogens (tertiary/aromatic N) is 2. The third kappa shape index (κ3) is 1.72. The van der Waals surface area contributed by atoms with E-state index in [1.165, 1.54) is 0 Å². The molecule has 0 amide bonds. The zero-order valence-corrected chi connectivity index (χ0v) is 10.2. The minimum absolute atomic E-state index is 0.00993. The first kappa shape index (κ1) is 11.9. The highest BCUT2D eigenvalue weighted by molar-refractivity contribution is 6.03. The number of nitrogens with two attached hydrogens (primary N) is 1. The molecule has 3 aromatic rings. The first-order valence-electron chi connectivity index (χ1n) is 6.09. The molecule has 0 spiro atoms. The van der Waals surface area contributed by atoms with Gasteiger partial charge in [0, 0.05) is 11.9 Å². The summed E-state index contributed by atoms with van der Waals surface area (Å²) >= 11 is 0. The smallest absolute Gasteiger partial charge is 0.265 e.